The lowest BCUT2D eigenvalue weighted by Gasteiger charge is -2.26. The van der Waals surface area contributed by atoms with Crippen molar-refractivity contribution in [3.05, 3.63) is 24.2 Å². The summed E-state index contributed by atoms with van der Waals surface area (Å²) in [7, 11) is 2.10. The highest BCUT2D eigenvalue weighted by Gasteiger charge is 2.43. The van der Waals surface area contributed by atoms with E-state index < -0.39 is 0 Å². The third kappa shape index (κ3) is 3.83. The Hall–Kier alpha value is -0.800. The normalized spacial score (nSPS) is 20.2. The fourth-order valence-corrected chi connectivity index (χ4v) is 2.90. The summed E-state index contributed by atoms with van der Waals surface area (Å²) in [5.41, 5.74) is 1.82. The molecule has 2 N–H and O–H groups in total. The highest BCUT2D eigenvalue weighted by atomic mass is 16.3. The molecule has 3 nitrogen and oxygen atoms in total. The van der Waals surface area contributed by atoms with Gasteiger partial charge in [-0.25, -0.2) is 0 Å². The molecule has 1 aliphatic carbocycles. The molecule has 0 spiro atoms. The summed E-state index contributed by atoms with van der Waals surface area (Å²) in [5, 5.41) is 7.15. The van der Waals surface area contributed by atoms with Gasteiger partial charge in [0.2, 0.25) is 0 Å². The minimum absolute atomic E-state index is 0.428. The van der Waals surface area contributed by atoms with Gasteiger partial charge in [-0.05, 0) is 57.2 Å². The van der Waals surface area contributed by atoms with Gasteiger partial charge in [0.05, 0.1) is 12.5 Å². The molecule has 2 unspecified atom stereocenters. The highest BCUT2D eigenvalue weighted by Crippen LogP contribution is 2.49. The lowest BCUT2D eigenvalue weighted by Crippen LogP contribution is -2.34. The second-order valence-corrected chi connectivity index (χ2v) is 6.14. The summed E-state index contributed by atoms with van der Waals surface area (Å²) in [4.78, 5) is 0. The van der Waals surface area contributed by atoms with E-state index in [9.17, 15) is 0 Å². The Morgan fingerprint density at radius 2 is 2.16 bits per heavy atom. The quantitative estimate of drug-likeness (QED) is 0.717. The molecule has 1 saturated carbocycles. The Kier molecular flexibility index (Phi) is 5.06. The fourth-order valence-electron chi connectivity index (χ4n) is 2.90. The van der Waals surface area contributed by atoms with E-state index in [0.29, 0.717) is 17.5 Å². The molecule has 1 aromatic heterocycles. The number of rotatable bonds is 9. The third-order valence-electron chi connectivity index (χ3n) is 4.56. The topological polar surface area (TPSA) is 37.2 Å². The van der Waals surface area contributed by atoms with Crippen LogP contribution < -0.4 is 10.6 Å². The van der Waals surface area contributed by atoms with Crippen LogP contribution in [0.5, 0.6) is 0 Å². The molecule has 3 heteroatoms. The zero-order valence-corrected chi connectivity index (χ0v) is 12.5. The summed E-state index contributed by atoms with van der Waals surface area (Å²) in [6.45, 7) is 5.68. The molecular formula is C16H28N2O. The Balaban J connectivity index is 1.88. The molecule has 108 valence electrons. The summed E-state index contributed by atoms with van der Waals surface area (Å²) >= 11 is 0. The van der Waals surface area contributed by atoms with Crippen molar-refractivity contribution < 1.29 is 4.42 Å². The number of furan rings is 1. The van der Waals surface area contributed by atoms with E-state index >= 15 is 0 Å². The van der Waals surface area contributed by atoms with Crippen LogP contribution in [0.15, 0.2) is 23.0 Å². The molecule has 0 radical (unpaired) electrons. The van der Waals surface area contributed by atoms with Crippen LogP contribution in [0.4, 0.5) is 0 Å². The summed E-state index contributed by atoms with van der Waals surface area (Å²) < 4.78 is 5.23. The maximum Gasteiger partial charge on any atom is 0.0950 e. The molecule has 2 rings (SSSR count). The SMILES string of the molecule is CCCNC(CCC(NC)C1(C)CC1)c1ccoc1. The minimum Gasteiger partial charge on any atom is -0.472 e. The Labute approximate surface area is 117 Å². The van der Waals surface area contributed by atoms with Gasteiger partial charge in [-0.3, -0.25) is 0 Å². The molecule has 0 amide bonds. The summed E-state index contributed by atoms with van der Waals surface area (Å²) in [6, 6.07) is 3.16. The van der Waals surface area contributed by atoms with E-state index in [4.69, 9.17) is 4.42 Å². The van der Waals surface area contributed by atoms with E-state index in [2.05, 4.69) is 37.6 Å². The number of hydrogen-bond donors (Lipinski definition) is 2. The first-order valence-electron chi connectivity index (χ1n) is 7.62. The minimum atomic E-state index is 0.428. The first kappa shape index (κ1) is 14.6. The first-order chi connectivity index (χ1) is 9.19. The fraction of sp³-hybridized carbons (Fsp3) is 0.750. The lowest BCUT2D eigenvalue weighted by atomic mass is 9.91. The molecule has 0 aromatic carbocycles. The number of nitrogens with one attached hydrogen (secondary N) is 2. The smallest absolute Gasteiger partial charge is 0.0950 e. The van der Waals surface area contributed by atoms with Gasteiger partial charge >= 0.3 is 0 Å². The van der Waals surface area contributed by atoms with Crippen molar-refractivity contribution in [2.45, 2.75) is 58.0 Å². The van der Waals surface area contributed by atoms with Gasteiger partial charge < -0.3 is 15.1 Å². The molecule has 19 heavy (non-hydrogen) atoms. The van der Waals surface area contributed by atoms with Crippen molar-refractivity contribution >= 4 is 0 Å². The maximum absolute atomic E-state index is 5.23. The first-order valence-corrected chi connectivity index (χ1v) is 7.62. The van der Waals surface area contributed by atoms with E-state index in [-0.39, 0.29) is 0 Å². The highest BCUT2D eigenvalue weighted by molar-refractivity contribution is 5.12. The Morgan fingerprint density at radius 3 is 2.68 bits per heavy atom. The van der Waals surface area contributed by atoms with E-state index in [1.54, 1.807) is 6.26 Å². The van der Waals surface area contributed by atoms with Gasteiger partial charge in [-0.2, -0.15) is 0 Å². The lowest BCUT2D eigenvalue weighted by molar-refractivity contribution is 0.329. The molecule has 0 bridgehead atoms. The Bertz CT molecular complexity index is 357. The monoisotopic (exact) mass is 264 g/mol. The van der Waals surface area contributed by atoms with Crippen LogP contribution in [0, 0.1) is 5.41 Å². The predicted molar refractivity (Wildman–Crippen MR) is 79.2 cm³/mol. The molecule has 1 fully saturated rings. The van der Waals surface area contributed by atoms with Gasteiger partial charge in [-0.15, -0.1) is 0 Å². The van der Waals surface area contributed by atoms with Crippen molar-refractivity contribution in [1.29, 1.82) is 0 Å². The van der Waals surface area contributed by atoms with E-state index in [1.807, 2.05) is 6.26 Å². The number of hydrogen-bond acceptors (Lipinski definition) is 3. The standard InChI is InChI=1S/C16H28N2O/c1-4-10-18-14(13-7-11-19-12-13)5-6-15(17-3)16(2)8-9-16/h7,11-12,14-15,17-18H,4-6,8-10H2,1-3H3. The van der Waals surface area contributed by atoms with Crippen molar-refractivity contribution in [3.63, 3.8) is 0 Å². The van der Waals surface area contributed by atoms with Crippen molar-refractivity contribution in [1.82, 2.24) is 10.6 Å². The van der Waals surface area contributed by atoms with Crippen molar-refractivity contribution in [2.24, 2.45) is 5.41 Å². The largest absolute Gasteiger partial charge is 0.472 e. The van der Waals surface area contributed by atoms with Crippen molar-refractivity contribution in [3.8, 4) is 0 Å². The zero-order valence-electron chi connectivity index (χ0n) is 12.5. The van der Waals surface area contributed by atoms with Crippen molar-refractivity contribution in [2.75, 3.05) is 13.6 Å². The van der Waals surface area contributed by atoms with E-state index in [0.717, 1.165) is 6.54 Å². The predicted octanol–water partition coefficient (Wildman–Crippen LogP) is 3.49. The van der Waals surface area contributed by atoms with Gasteiger partial charge in [-0.1, -0.05) is 13.8 Å². The van der Waals surface area contributed by atoms with Crippen LogP contribution in [0.25, 0.3) is 0 Å². The molecule has 1 aliphatic rings. The molecular weight excluding hydrogens is 236 g/mol. The van der Waals surface area contributed by atoms with Crippen LogP contribution >= 0.6 is 0 Å². The Morgan fingerprint density at radius 1 is 1.37 bits per heavy atom. The second-order valence-electron chi connectivity index (χ2n) is 6.14. The average Bonchev–Trinajstić information content (AvgIpc) is 2.95. The molecule has 0 saturated heterocycles. The molecule has 2 atom stereocenters. The van der Waals surface area contributed by atoms with Crippen LogP contribution in [0.1, 0.15) is 57.6 Å². The average molecular weight is 264 g/mol. The van der Waals surface area contributed by atoms with Gasteiger partial charge in [0, 0.05) is 17.6 Å². The molecule has 1 aromatic rings. The maximum atomic E-state index is 5.23. The van der Waals surface area contributed by atoms with Crippen LogP contribution in [0.2, 0.25) is 0 Å². The third-order valence-corrected chi connectivity index (χ3v) is 4.56. The van der Waals surface area contributed by atoms with Crippen LogP contribution in [-0.4, -0.2) is 19.6 Å². The van der Waals surface area contributed by atoms with Gasteiger partial charge in [0.25, 0.3) is 0 Å². The molecule has 0 aliphatic heterocycles. The van der Waals surface area contributed by atoms with Crippen LogP contribution in [-0.2, 0) is 0 Å². The van der Waals surface area contributed by atoms with Crippen LogP contribution in [0.3, 0.4) is 0 Å². The summed E-state index contributed by atoms with van der Waals surface area (Å²) in [6.07, 6.45) is 9.95. The molecule has 1 heterocycles. The van der Waals surface area contributed by atoms with E-state index in [1.165, 1.54) is 37.7 Å². The second kappa shape index (κ2) is 6.58. The zero-order chi connectivity index (χ0) is 13.7. The summed E-state index contributed by atoms with van der Waals surface area (Å²) in [5.74, 6) is 0. The van der Waals surface area contributed by atoms with Gasteiger partial charge in [0.1, 0.15) is 0 Å². The van der Waals surface area contributed by atoms with Gasteiger partial charge in [0.15, 0.2) is 0 Å².